The molecule has 3 aromatic rings. The number of nitrogens with one attached hydrogen (secondary N) is 1. The van der Waals surface area contributed by atoms with E-state index in [4.69, 9.17) is 5.73 Å². The topological polar surface area (TPSA) is 112 Å². The van der Waals surface area contributed by atoms with Crippen LogP contribution in [0.4, 0.5) is 15.2 Å². The molecule has 0 radical (unpaired) electrons. The van der Waals surface area contributed by atoms with Crippen LogP contribution < -0.4 is 11.1 Å². The molecule has 8 nitrogen and oxygen atoms in total. The molecule has 0 atom stereocenters. The molecule has 0 aliphatic carbocycles. The van der Waals surface area contributed by atoms with Crippen molar-refractivity contribution in [3.8, 4) is 5.69 Å². The van der Waals surface area contributed by atoms with Crippen molar-refractivity contribution in [3.63, 3.8) is 0 Å². The van der Waals surface area contributed by atoms with Gasteiger partial charge in [0.2, 0.25) is 0 Å². The van der Waals surface area contributed by atoms with Crippen molar-refractivity contribution in [1.82, 2.24) is 25.2 Å². The van der Waals surface area contributed by atoms with Crippen molar-refractivity contribution < 1.29 is 9.18 Å². The minimum atomic E-state index is -0.580. The number of anilines is 2. The molecular formula is C11H8FN7OS. The maximum Gasteiger partial charge on any atom is 0.275 e. The van der Waals surface area contributed by atoms with Gasteiger partial charge < -0.3 is 11.1 Å². The number of nitrogens with two attached hydrogens (primary N) is 1. The van der Waals surface area contributed by atoms with Crippen molar-refractivity contribution in [2.24, 2.45) is 0 Å². The molecule has 2 aromatic heterocycles. The minimum absolute atomic E-state index is 0.000397. The number of amides is 1. The average Bonchev–Trinajstić information content (AvgIpc) is 3.12. The van der Waals surface area contributed by atoms with Gasteiger partial charge in [0, 0.05) is 5.38 Å². The lowest BCUT2D eigenvalue weighted by Crippen LogP contribution is -2.14. The van der Waals surface area contributed by atoms with Crippen molar-refractivity contribution in [2.45, 2.75) is 0 Å². The summed E-state index contributed by atoms with van der Waals surface area (Å²) < 4.78 is 15.1. The number of carbonyl (C=O) groups excluding carboxylic acids is 1. The fraction of sp³-hybridized carbons (Fsp3) is 0. The molecule has 106 valence electrons. The van der Waals surface area contributed by atoms with Crippen LogP contribution in [0.15, 0.2) is 29.9 Å². The lowest BCUT2D eigenvalue weighted by atomic mass is 10.2. The van der Waals surface area contributed by atoms with Crippen LogP contribution in [0.5, 0.6) is 0 Å². The van der Waals surface area contributed by atoms with Crippen LogP contribution in [-0.2, 0) is 0 Å². The van der Waals surface area contributed by atoms with E-state index in [9.17, 15) is 9.18 Å². The lowest BCUT2D eigenvalue weighted by Gasteiger charge is -2.07. The van der Waals surface area contributed by atoms with Gasteiger partial charge in [-0.25, -0.2) is 14.1 Å². The smallest absolute Gasteiger partial charge is 0.275 e. The summed E-state index contributed by atoms with van der Waals surface area (Å²) in [5.74, 6) is -1.13. The fourth-order valence-electron chi connectivity index (χ4n) is 1.61. The van der Waals surface area contributed by atoms with Crippen LogP contribution in [0.2, 0.25) is 0 Å². The predicted molar refractivity (Wildman–Crippen MR) is 73.6 cm³/mol. The molecule has 0 unspecified atom stereocenters. The second kappa shape index (κ2) is 5.25. The van der Waals surface area contributed by atoms with Gasteiger partial charge in [-0.3, -0.25) is 4.79 Å². The number of hydrogen-bond donors (Lipinski definition) is 2. The Morgan fingerprint density at radius 1 is 1.43 bits per heavy atom. The summed E-state index contributed by atoms with van der Waals surface area (Å²) >= 11 is 1.13. The predicted octanol–water partition coefficient (Wildman–Crippen LogP) is 1.09. The van der Waals surface area contributed by atoms with Gasteiger partial charge in [-0.15, -0.1) is 16.4 Å². The number of carbonyl (C=O) groups is 1. The molecule has 21 heavy (non-hydrogen) atoms. The molecule has 0 fully saturated rings. The summed E-state index contributed by atoms with van der Waals surface area (Å²) in [5, 5.41) is 14.9. The fourth-order valence-corrected chi connectivity index (χ4v) is 2.15. The Balaban J connectivity index is 1.88. The van der Waals surface area contributed by atoms with E-state index in [1.807, 2.05) is 0 Å². The zero-order valence-corrected chi connectivity index (χ0v) is 11.2. The van der Waals surface area contributed by atoms with Gasteiger partial charge in [0.25, 0.3) is 5.91 Å². The molecule has 0 saturated heterocycles. The van der Waals surface area contributed by atoms with Gasteiger partial charge in [-0.05, 0) is 28.6 Å². The average molecular weight is 305 g/mol. The van der Waals surface area contributed by atoms with Crippen LogP contribution in [0.25, 0.3) is 5.69 Å². The third kappa shape index (κ3) is 2.69. The van der Waals surface area contributed by atoms with Gasteiger partial charge in [-0.1, -0.05) is 0 Å². The largest absolute Gasteiger partial charge is 0.375 e. The van der Waals surface area contributed by atoms with Gasteiger partial charge in [0.15, 0.2) is 5.13 Å². The maximum atomic E-state index is 13.8. The van der Waals surface area contributed by atoms with E-state index >= 15 is 0 Å². The molecule has 0 spiro atoms. The second-order valence-electron chi connectivity index (χ2n) is 3.94. The summed E-state index contributed by atoms with van der Waals surface area (Å²) in [7, 11) is 0. The number of benzene rings is 1. The molecule has 0 saturated carbocycles. The van der Waals surface area contributed by atoms with Crippen molar-refractivity contribution in [2.75, 3.05) is 11.1 Å². The van der Waals surface area contributed by atoms with Gasteiger partial charge >= 0.3 is 0 Å². The molecule has 10 heteroatoms. The van der Waals surface area contributed by atoms with Crippen molar-refractivity contribution >= 4 is 28.1 Å². The number of rotatable bonds is 3. The van der Waals surface area contributed by atoms with Crippen molar-refractivity contribution in [1.29, 1.82) is 0 Å². The van der Waals surface area contributed by atoms with Gasteiger partial charge in [0.1, 0.15) is 17.8 Å². The normalized spacial score (nSPS) is 10.5. The highest BCUT2D eigenvalue weighted by atomic mass is 32.1. The first-order valence-corrected chi connectivity index (χ1v) is 6.57. The van der Waals surface area contributed by atoms with E-state index in [1.54, 1.807) is 0 Å². The highest BCUT2D eigenvalue weighted by Gasteiger charge is 2.13. The summed E-state index contributed by atoms with van der Waals surface area (Å²) in [5.41, 5.74) is 6.09. The third-order valence-electron chi connectivity index (χ3n) is 2.57. The first kappa shape index (κ1) is 13.1. The number of nitrogen functional groups attached to an aromatic ring is 1. The van der Waals surface area contributed by atoms with Gasteiger partial charge in [-0.2, -0.15) is 0 Å². The quantitative estimate of drug-likeness (QED) is 0.749. The van der Waals surface area contributed by atoms with E-state index in [2.05, 4.69) is 25.8 Å². The zero-order chi connectivity index (χ0) is 14.8. The number of aromatic nitrogens is 5. The van der Waals surface area contributed by atoms with E-state index in [-0.39, 0.29) is 16.5 Å². The highest BCUT2D eigenvalue weighted by molar-refractivity contribution is 7.13. The molecular weight excluding hydrogens is 297 g/mol. The van der Waals surface area contributed by atoms with Crippen LogP contribution in [0.3, 0.4) is 0 Å². The Hall–Kier alpha value is -2.88. The SMILES string of the molecule is Nc1nc(C(=O)Nc2cc(-n3cnnn3)ccc2F)cs1. The highest BCUT2D eigenvalue weighted by Crippen LogP contribution is 2.20. The molecule has 0 aliphatic rings. The molecule has 0 bridgehead atoms. The summed E-state index contributed by atoms with van der Waals surface area (Å²) in [6.07, 6.45) is 1.36. The molecule has 0 aliphatic heterocycles. The van der Waals surface area contributed by atoms with E-state index < -0.39 is 11.7 Å². The first-order chi connectivity index (χ1) is 10.1. The summed E-state index contributed by atoms with van der Waals surface area (Å²) in [6, 6.07) is 4.11. The standard InChI is InChI=1S/C11H8FN7OS/c12-7-2-1-6(19-5-14-17-18-19)3-8(7)15-10(20)9-4-21-11(13)16-9/h1-5H,(H2,13,16)(H,15,20). The van der Waals surface area contributed by atoms with E-state index in [0.717, 1.165) is 11.3 Å². The van der Waals surface area contributed by atoms with Gasteiger partial charge in [0.05, 0.1) is 11.4 Å². The van der Waals surface area contributed by atoms with Crippen LogP contribution >= 0.6 is 11.3 Å². The number of nitrogens with zero attached hydrogens (tertiary/aromatic N) is 5. The Kier molecular flexibility index (Phi) is 3.28. The number of tetrazole rings is 1. The van der Waals surface area contributed by atoms with Crippen LogP contribution in [0.1, 0.15) is 10.5 Å². The minimum Gasteiger partial charge on any atom is -0.375 e. The molecule has 2 heterocycles. The number of hydrogen-bond acceptors (Lipinski definition) is 7. The Bertz CT molecular complexity index is 786. The monoisotopic (exact) mass is 305 g/mol. The lowest BCUT2D eigenvalue weighted by molar-refractivity contribution is 0.102. The maximum absolute atomic E-state index is 13.8. The number of halogens is 1. The van der Waals surface area contributed by atoms with Crippen molar-refractivity contribution in [3.05, 3.63) is 41.4 Å². The Morgan fingerprint density at radius 3 is 2.95 bits per heavy atom. The summed E-state index contributed by atoms with van der Waals surface area (Å²) in [4.78, 5) is 15.8. The Labute approximate surface area is 121 Å². The molecule has 1 amide bonds. The second-order valence-corrected chi connectivity index (χ2v) is 4.83. The zero-order valence-electron chi connectivity index (χ0n) is 10.4. The van der Waals surface area contributed by atoms with E-state index in [1.165, 1.54) is 34.6 Å². The van der Waals surface area contributed by atoms with Crippen LogP contribution in [-0.4, -0.2) is 31.1 Å². The third-order valence-corrected chi connectivity index (χ3v) is 3.24. The number of thiazole rings is 1. The first-order valence-electron chi connectivity index (χ1n) is 5.69. The molecule has 3 rings (SSSR count). The summed E-state index contributed by atoms with van der Waals surface area (Å²) in [6.45, 7) is 0. The Morgan fingerprint density at radius 2 is 2.29 bits per heavy atom. The molecule has 3 N–H and O–H groups in total. The van der Waals surface area contributed by atoms with E-state index in [0.29, 0.717) is 5.69 Å². The van der Waals surface area contributed by atoms with Crippen LogP contribution in [0, 0.1) is 5.82 Å². The molecule has 1 aromatic carbocycles.